The Balaban J connectivity index is 2.20. The lowest BCUT2D eigenvalue weighted by Crippen LogP contribution is -2.43. The molecule has 2 heterocycles. The van der Waals surface area contributed by atoms with Crippen LogP contribution in [0.1, 0.15) is 54.7 Å². The van der Waals surface area contributed by atoms with Crippen LogP contribution >= 0.6 is 7.67 Å². The van der Waals surface area contributed by atoms with Crippen molar-refractivity contribution in [1.29, 1.82) is 0 Å². The van der Waals surface area contributed by atoms with E-state index in [0.717, 1.165) is 10.6 Å². The molecule has 14 nitrogen and oxygen atoms in total. The summed E-state index contributed by atoms with van der Waals surface area (Å²) in [5.41, 5.74) is -1.37. The third-order valence-electron chi connectivity index (χ3n) is 5.42. The van der Waals surface area contributed by atoms with Gasteiger partial charge in [0.15, 0.2) is 6.23 Å². The summed E-state index contributed by atoms with van der Waals surface area (Å²) in [6.07, 6.45) is -2.75. The minimum absolute atomic E-state index is 0.345. The summed E-state index contributed by atoms with van der Waals surface area (Å²) in [6.45, 7) is 10.8. The Hall–Kier alpha value is -2.35. The molecule has 1 aromatic heterocycles. The third kappa shape index (κ3) is 8.59. The number of esters is 2. The molecule has 4 N–H and O–H groups in total. The molecule has 1 aromatic rings. The highest BCUT2D eigenvalue weighted by Gasteiger charge is 2.44. The molecule has 1 aliphatic rings. The highest BCUT2D eigenvalue weighted by atomic mass is 31.2. The van der Waals surface area contributed by atoms with E-state index >= 15 is 0 Å². The number of ether oxygens (including phenoxy) is 3. The molecule has 6 atom stereocenters. The van der Waals surface area contributed by atoms with Crippen LogP contribution in [0.5, 0.6) is 0 Å². The summed E-state index contributed by atoms with van der Waals surface area (Å²) in [4.78, 5) is 50.2. The normalized spacial score (nSPS) is 23.7. The van der Waals surface area contributed by atoms with Crippen LogP contribution in [0.4, 0.5) is 0 Å². The molecular weight excluding hydrogens is 511 g/mol. The molecule has 15 heteroatoms. The summed E-state index contributed by atoms with van der Waals surface area (Å²) in [5, 5.41) is 15.8. The number of nitrogens with one attached hydrogen (secondary N) is 3. The van der Waals surface area contributed by atoms with E-state index in [4.69, 9.17) is 18.7 Å². The Morgan fingerprint density at radius 1 is 1.08 bits per heavy atom. The highest BCUT2D eigenvalue weighted by molar-refractivity contribution is 7.54. The number of aromatic amines is 1. The van der Waals surface area contributed by atoms with E-state index in [1.807, 2.05) is 0 Å². The van der Waals surface area contributed by atoms with E-state index < -0.39 is 79.5 Å². The molecule has 0 radical (unpaired) electrons. The molecule has 1 aliphatic heterocycles. The molecule has 0 aliphatic carbocycles. The molecule has 37 heavy (non-hydrogen) atoms. The molecule has 0 bridgehead atoms. The van der Waals surface area contributed by atoms with Crippen molar-refractivity contribution < 1.29 is 38.0 Å². The fourth-order valence-corrected chi connectivity index (χ4v) is 5.30. The van der Waals surface area contributed by atoms with Crippen LogP contribution in [-0.4, -0.2) is 69.7 Å². The van der Waals surface area contributed by atoms with Crippen LogP contribution in [0.25, 0.3) is 0 Å². The maximum atomic E-state index is 13.7. The average molecular weight is 549 g/mol. The van der Waals surface area contributed by atoms with Gasteiger partial charge in [-0.05, 0) is 41.5 Å². The van der Waals surface area contributed by atoms with Gasteiger partial charge in [-0.25, -0.2) is 15.0 Å². The zero-order valence-electron chi connectivity index (χ0n) is 22.0. The van der Waals surface area contributed by atoms with Gasteiger partial charge in [0.25, 0.3) is 5.56 Å². The van der Waals surface area contributed by atoms with Crippen LogP contribution in [-0.2, 0) is 32.9 Å². The fraction of sp³-hybridized carbons (Fsp3) is 0.727. The molecule has 210 valence electrons. The first kappa shape index (κ1) is 30.9. The van der Waals surface area contributed by atoms with Gasteiger partial charge < -0.3 is 23.8 Å². The maximum absolute atomic E-state index is 13.7. The second kappa shape index (κ2) is 12.9. The Bertz CT molecular complexity index is 1070. The van der Waals surface area contributed by atoms with E-state index in [1.165, 1.54) is 20.0 Å². The summed E-state index contributed by atoms with van der Waals surface area (Å²) >= 11 is 0. The second-order valence-corrected chi connectivity index (χ2v) is 11.3. The molecule has 0 aromatic carbocycles. The third-order valence-corrected chi connectivity index (χ3v) is 7.38. The van der Waals surface area contributed by atoms with Crippen molar-refractivity contribution in [1.82, 2.24) is 19.7 Å². The van der Waals surface area contributed by atoms with E-state index in [-0.39, 0.29) is 6.61 Å². The zero-order valence-corrected chi connectivity index (χ0v) is 22.9. The molecule has 0 saturated carbocycles. The van der Waals surface area contributed by atoms with E-state index in [1.54, 1.807) is 34.6 Å². The molecular formula is C22H37N4O10P. The Morgan fingerprint density at radius 2 is 1.59 bits per heavy atom. The number of hydrogen-bond donors (Lipinski definition) is 4. The van der Waals surface area contributed by atoms with Gasteiger partial charge in [-0.3, -0.25) is 28.5 Å². The smallest absolute Gasteiger partial charge is 0.342 e. The Morgan fingerprint density at radius 3 is 2.05 bits per heavy atom. The van der Waals surface area contributed by atoms with Gasteiger partial charge in [-0.15, -0.1) is 0 Å². The molecule has 0 spiro atoms. The van der Waals surface area contributed by atoms with Crippen molar-refractivity contribution in [3.8, 4) is 0 Å². The predicted molar refractivity (Wildman–Crippen MR) is 132 cm³/mol. The Kier molecular flexibility index (Phi) is 10.8. The van der Waals surface area contributed by atoms with Crippen LogP contribution < -0.4 is 21.4 Å². The van der Waals surface area contributed by atoms with E-state index in [0.29, 0.717) is 0 Å². The van der Waals surface area contributed by atoms with Gasteiger partial charge in [0.05, 0.1) is 24.9 Å². The number of carbonyl (C=O) groups is 2. The van der Waals surface area contributed by atoms with Gasteiger partial charge in [0.1, 0.15) is 18.2 Å². The molecule has 2 rings (SSSR count). The molecule has 1 saturated heterocycles. The highest BCUT2D eigenvalue weighted by Crippen LogP contribution is 2.42. The second-order valence-electron chi connectivity index (χ2n) is 9.45. The quantitative estimate of drug-likeness (QED) is 0.208. The van der Waals surface area contributed by atoms with Crippen molar-refractivity contribution in [2.45, 2.75) is 91.2 Å². The zero-order chi connectivity index (χ0) is 28.1. The number of H-pyrrole nitrogens is 1. The summed E-state index contributed by atoms with van der Waals surface area (Å²) in [6, 6.07) is -1.04. The minimum Gasteiger partial charge on any atom is -0.462 e. The number of aliphatic hydroxyl groups is 1. The number of aliphatic hydroxyl groups excluding tert-OH is 1. The minimum atomic E-state index is -4.11. The largest absolute Gasteiger partial charge is 0.462 e. The number of aromatic nitrogens is 2. The van der Waals surface area contributed by atoms with E-state index in [9.17, 15) is 28.8 Å². The van der Waals surface area contributed by atoms with Crippen molar-refractivity contribution >= 4 is 19.6 Å². The maximum Gasteiger partial charge on any atom is 0.342 e. The van der Waals surface area contributed by atoms with Crippen LogP contribution in [0.3, 0.4) is 0 Å². The first-order chi connectivity index (χ1) is 17.1. The number of rotatable bonds is 12. The number of hydrogen-bond acceptors (Lipinski definition) is 10. The fourth-order valence-electron chi connectivity index (χ4n) is 3.49. The van der Waals surface area contributed by atoms with Crippen molar-refractivity contribution in [2.75, 3.05) is 6.61 Å². The first-order valence-corrected chi connectivity index (χ1v) is 13.6. The predicted octanol–water partition coefficient (Wildman–Crippen LogP) is 0.415. The lowest BCUT2D eigenvalue weighted by molar-refractivity contribution is -0.149. The van der Waals surface area contributed by atoms with Gasteiger partial charge in [0.2, 0.25) is 0 Å². The van der Waals surface area contributed by atoms with E-state index in [2.05, 4.69) is 15.2 Å². The summed E-state index contributed by atoms with van der Waals surface area (Å²) < 4.78 is 36.5. The van der Waals surface area contributed by atoms with Gasteiger partial charge in [-0.1, -0.05) is 6.92 Å². The van der Waals surface area contributed by atoms with Crippen molar-refractivity contribution in [3.05, 3.63) is 33.1 Å². The first-order valence-electron chi connectivity index (χ1n) is 12.0. The van der Waals surface area contributed by atoms with Crippen molar-refractivity contribution in [2.24, 2.45) is 5.92 Å². The number of nitrogens with zero attached hydrogens (tertiary/aromatic N) is 1. The van der Waals surface area contributed by atoms with Gasteiger partial charge in [0, 0.05) is 18.2 Å². The monoisotopic (exact) mass is 548 g/mol. The molecule has 0 amide bonds. The SMILES string of the molecule is CC(C)OC(=O)[C@H](C)NP(=O)(N[C@@H](C)C(=O)OC(C)C)OC[C@H]1O[C@@H](n2ccc(=O)[nH]c2=O)[C@H](O)[C@@H]1C. The number of carbonyl (C=O) groups excluding carboxylic acids is 2. The van der Waals surface area contributed by atoms with Crippen LogP contribution in [0.2, 0.25) is 0 Å². The van der Waals surface area contributed by atoms with Crippen molar-refractivity contribution in [3.63, 3.8) is 0 Å². The molecule has 1 fully saturated rings. The van der Waals surface area contributed by atoms with Gasteiger partial charge >= 0.3 is 25.3 Å². The molecule has 0 unspecified atom stereocenters. The standard InChI is InChI=1S/C22H37N4O10P/c1-11(2)34-20(29)14(6)24-37(32,25-15(7)21(30)35-12(3)4)33-10-16-13(5)18(28)19(36-16)26-9-8-17(27)23-22(26)31/h8-9,11-16,18-19,28H,10H2,1-7H3,(H,23,27,31)(H2,24,25,32)/t13-,14+,15+,16-,18-,19-/m1/s1. The van der Waals surface area contributed by atoms with Gasteiger partial charge in [-0.2, -0.15) is 0 Å². The average Bonchev–Trinajstić information content (AvgIpc) is 3.05. The lowest BCUT2D eigenvalue weighted by Gasteiger charge is -2.28. The lowest BCUT2D eigenvalue weighted by atomic mass is 10.0. The summed E-state index contributed by atoms with van der Waals surface area (Å²) in [7, 11) is -4.11. The topological polar surface area (TPSA) is 187 Å². The summed E-state index contributed by atoms with van der Waals surface area (Å²) in [5.74, 6) is -1.95. The van der Waals surface area contributed by atoms with Crippen LogP contribution in [0.15, 0.2) is 21.9 Å². The van der Waals surface area contributed by atoms with Crippen LogP contribution in [0, 0.1) is 5.92 Å². The Labute approximate surface area is 214 Å².